The highest BCUT2D eigenvalue weighted by Gasteiger charge is 2.05. The summed E-state index contributed by atoms with van der Waals surface area (Å²) in [7, 11) is 0. The number of benzene rings is 1. The maximum absolute atomic E-state index is 11.8. The number of hydrogen-bond acceptors (Lipinski definition) is 4. The predicted molar refractivity (Wildman–Crippen MR) is 86.9 cm³/mol. The zero-order valence-corrected chi connectivity index (χ0v) is 12.8. The molecule has 1 aromatic carbocycles. The molecule has 2 N–H and O–H groups in total. The van der Waals surface area contributed by atoms with Gasteiger partial charge >= 0.3 is 0 Å². The molecule has 0 fully saturated rings. The summed E-state index contributed by atoms with van der Waals surface area (Å²) in [6.45, 7) is 2.34. The molecule has 112 valence electrons. The van der Waals surface area contributed by atoms with E-state index >= 15 is 0 Å². The van der Waals surface area contributed by atoms with Gasteiger partial charge in [0.25, 0.3) is 0 Å². The summed E-state index contributed by atoms with van der Waals surface area (Å²) in [4.78, 5) is 15.9. The van der Waals surface area contributed by atoms with Crippen molar-refractivity contribution in [1.82, 2.24) is 4.98 Å². The van der Waals surface area contributed by atoms with E-state index in [-0.39, 0.29) is 12.3 Å². The largest absolute Gasteiger partial charge is 0.383 e. The Hall–Kier alpha value is -2.58. The summed E-state index contributed by atoms with van der Waals surface area (Å²) < 4.78 is 0. The van der Waals surface area contributed by atoms with E-state index in [1.165, 1.54) is 0 Å². The molecule has 5 nitrogen and oxygen atoms in total. The van der Waals surface area contributed by atoms with Crippen LogP contribution < -0.4 is 10.6 Å². The summed E-state index contributed by atoms with van der Waals surface area (Å²) in [6, 6.07) is 10.7. The van der Waals surface area contributed by atoms with Crippen LogP contribution in [0.3, 0.4) is 0 Å². The first-order valence-electron chi connectivity index (χ1n) is 6.74. The van der Waals surface area contributed by atoms with Crippen LogP contribution in [0.5, 0.6) is 0 Å². The van der Waals surface area contributed by atoms with E-state index < -0.39 is 0 Å². The maximum atomic E-state index is 11.8. The Labute approximate surface area is 133 Å². The van der Waals surface area contributed by atoms with Gasteiger partial charge in [-0.2, -0.15) is 5.26 Å². The fourth-order valence-corrected chi connectivity index (χ4v) is 1.99. The van der Waals surface area contributed by atoms with Gasteiger partial charge in [0.1, 0.15) is 11.9 Å². The fraction of sp³-hybridized carbons (Fsp3) is 0.188. The van der Waals surface area contributed by atoms with Crippen LogP contribution in [0.2, 0.25) is 5.02 Å². The van der Waals surface area contributed by atoms with Gasteiger partial charge < -0.3 is 10.6 Å². The lowest BCUT2D eigenvalue weighted by molar-refractivity contribution is -0.116. The molecule has 0 unspecified atom stereocenters. The standard InChI is InChI=1S/C16H15ClN4O/c1-11-2-5-15(20-10-11)21-16(22)6-7-19-14-4-3-13(17)8-12(14)9-18/h2-5,8,10,19H,6-7H2,1H3,(H,20,21,22). The van der Waals surface area contributed by atoms with Crippen LogP contribution in [0.4, 0.5) is 11.5 Å². The van der Waals surface area contributed by atoms with Crippen LogP contribution in [-0.2, 0) is 4.79 Å². The van der Waals surface area contributed by atoms with Crippen molar-refractivity contribution in [3.05, 3.63) is 52.7 Å². The number of halogens is 1. The summed E-state index contributed by atoms with van der Waals surface area (Å²) in [5.74, 6) is 0.385. The second kappa shape index (κ2) is 7.43. The second-order valence-corrected chi connectivity index (χ2v) is 5.18. The molecule has 1 aromatic heterocycles. The smallest absolute Gasteiger partial charge is 0.227 e. The molecule has 0 radical (unpaired) electrons. The minimum Gasteiger partial charge on any atom is -0.383 e. The molecule has 2 rings (SSSR count). The van der Waals surface area contributed by atoms with Gasteiger partial charge in [0.15, 0.2) is 0 Å². The maximum Gasteiger partial charge on any atom is 0.227 e. The number of pyridine rings is 1. The minimum atomic E-state index is -0.142. The van der Waals surface area contributed by atoms with Crippen molar-refractivity contribution in [2.75, 3.05) is 17.2 Å². The van der Waals surface area contributed by atoms with Crippen molar-refractivity contribution in [2.24, 2.45) is 0 Å². The lowest BCUT2D eigenvalue weighted by Gasteiger charge is -2.09. The van der Waals surface area contributed by atoms with Crippen molar-refractivity contribution in [2.45, 2.75) is 13.3 Å². The molecule has 0 saturated heterocycles. The van der Waals surface area contributed by atoms with Gasteiger partial charge in [0.05, 0.1) is 11.3 Å². The van der Waals surface area contributed by atoms with E-state index in [4.69, 9.17) is 16.9 Å². The van der Waals surface area contributed by atoms with E-state index in [9.17, 15) is 4.79 Å². The zero-order valence-electron chi connectivity index (χ0n) is 12.1. The van der Waals surface area contributed by atoms with Gasteiger partial charge in [-0.05, 0) is 36.8 Å². The SMILES string of the molecule is Cc1ccc(NC(=O)CCNc2ccc(Cl)cc2C#N)nc1. The molecule has 0 spiro atoms. The number of rotatable bonds is 5. The Bertz CT molecular complexity index is 707. The first-order chi connectivity index (χ1) is 10.6. The molecule has 0 atom stereocenters. The van der Waals surface area contributed by atoms with Gasteiger partial charge in [-0.1, -0.05) is 17.7 Å². The summed E-state index contributed by atoms with van der Waals surface area (Å²) in [6.07, 6.45) is 1.96. The number of nitrogens with one attached hydrogen (secondary N) is 2. The molecule has 1 amide bonds. The van der Waals surface area contributed by atoms with E-state index in [1.807, 2.05) is 13.0 Å². The van der Waals surface area contributed by atoms with Crippen LogP contribution in [-0.4, -0.2) is 17.4 Å². The number of aryl methyl sites for hydroxylation is 1. The molecule has 0 saturated carbocycles. The Morgan fingerprint density at radius 1 is 1.36 bits per heavy atom. The third kappa shape index (κ3) is 4.47. The predicted octanol–water partition coefficient (Wildman–Crippen LogP) is 3.36. The molecule has 6 heteroatoms. The highest BCUT2D eigenvalue weighted by Crippen LogP contribution is 2.19. The average molecular weight is 315 g/mol. The number of carbonyl (C=O) groups excluding carboxylic acids is 1. The molecule has 0 aliphatic rings. The molecular weight excluding hydrogens is 300 g/mol. The number of hydrogen-bond donors (Lipinski definition) is 2. The Kier molecular flexibility index (Phi) is 5.34. The molecule has 22 heavy (non-hydrogen) atoms. The van der Waals surface area contributed by atoms with Gasteiger partial charge in [-0.15, -0.1) is 0 Å². The summed E-state index contributed by atoms with van der Waals surface area (Å²) in [5.41, 5.74) is 2.15. The lowest BCUT2D eigenvalue weighted by atomic mass is 10.2. The molecular formula is C16H15ClN4O. The van der Waals surface area contributed by atoms with Gasteiger partial charge in [0, 0.05) is 24.2 Å². The monoisotopic (exact) mass is 314 g/mol. The molecule has 1 heterocycles. The lowest BCUT2D eigenvalue weighted by Crippen LogP contribution is -2.17. The first-order valence-corrected chi connectivity index (χ1v) is 7.12. The number of amides is 1. The van der Waals surface area contributed by atoms with E-state index in [0.717, 1.165) is 5.56 Å². The van der Waals surface area contributed by atoms with Crippen LogP contribution in [0, 0.1) is 18.3 Å². The molecule has 0 bridgehead atoms. The van der Waals surface area contributed by atoms with Crippen molar-refractivity contribution >= 4 is 29.0 Å². The van der Waals surface area contributed by atoms with Gasteiger partial charge in [-0.3, -0.25) is 4.79 Å². The van der Waals surface area contributed by atoms with Gasteiger partial charge in [0.2, 0.25) is 5.91 Å². The first kappa shape index (κ1) is 15.8. The molecule has 2 aromatic rings. The number of aromatic nitrogens is 1. The quantitative estimate of drug-likeness (QED) is 0.887. The Balaban J connectivity index is 1.85. The normalized spacial score (nSPS) is 9.86. The van der Waals surface area contributed by atoms with Crippen LogP contribution in [0.15, 0.2) is 36.5 Å². The number of anilines is 2. The topological polar surface area (TPSA) is 77.8 Å². The highest BCUT2D eigenvalue weighted by atomic mass is 35.5. The van der Waals surface area contributed by atoms with Crippen molar-refractivity contribution < 1.29 is 4.79 Å². The highest BCUT2D eigenvalue weighted by molar-refractivity contribution is 6.30. The Morgan fingerprint density at radius 2 is 2.18 bits per heavy atom. The van der Waals surface area contributed by atoms with Crippen LogP contribution in [0.1, 0.15) is 17.5 Å². The van der Waals surface area contributed by atoms with E-state index in [1.54, 1.807) is 30.5 Å². The Morgan fingerprint density at radius 3 is 2.86 bits per heavy atom. The molecule has 0 aliphatic heterocycles. The van der Waals surface area contributed by atoms with Crippen LogP contribution >= 0.6 is 11.6 Å². The summed E-state index contributed by atoms with van der Waals surface area (Å²) in [5, 5.41) is 15.3. The van der Waals surface area contributed by atoms with Crippen LogP contribution in [0.25, 0.3) is 0 Å². The molecule has 0 aliphatic carbocycles. The van der Waals surface area contributed by atoms with Crippen molar-refractivity contribution in [3.63, 3.8) is 0 Å². The number of carbonyl (C=O) groups is 1. The van der Waals surface area contributed by atoms with Gasteiger partial charge in [-0.25, -0.2) is 4.98 Å². The minimum absolute atomic E-state index is 0.142. The van der Waals surface area contributed by atoms with Crippen molar-refractivity contribution in [3.8, 4) is 6.07 Å². The van der Waals surface area contributed by atoms with E-state index in [0.29, 0.717) is 28.6 Å². The van der Waals surface area contributed by atoms with Crippen molar-refractivity contribution in [1.29, 1.82) is 5.26 Å². The number of nitriles is 1. The van der Waals surface area contributed by atoms with E-state index in [2.05, 4.69) is 21.7 Å². The second-order valence-electron chi connectivity index (χ2n) is 4.75. The zero-order chi connectivity index (χ0) is 15.9. The fourth-order valence-electron chi connectivity index (χ4n) is 1.82. The third-order valence-electron chi connectivity index (χ3n) is 2.95. The third-order valence-corrected chi connectivity index (χ3v) is 3.18. The number of nitrogens with zero attached hydrogens (tertiary/aromatic N) is 2. The summed E-state index contributed by atoms with van der Waals surface area (Å²) >= 11 is 5.83. The average Bonchev–Trinajstić information content (AvgIpc) is 2.51.